The van der Waals surface area contributed by atoms with Gasteiger partial charge in [0, 0.05) is 43.5 Å². The fraction of sp³-hybridized carbons (Fsp3) is 0.182. The molecule has 0 radical (unpaired) electrons. The maximum atomic E-state index is 2.42. The van der Waals surface area contributed by atoms with Gasteiger partial charge in [-0.05, 0) is 29.7 Å². The molecule has 0 N–H and O–H groups in total. The van der Waals surface area contributed by atoms with Crippen molar-refractivity contribution in [2.45, 2.75) is 19.8 Å². The minimum atomic E-state index is 0.507. The van der Waals surface area contributed by atoms with Crippen LogP contribution in [0.2, 0.25) is 0 Å². The molecule has 0 unspecified atom stereocenters. The smallest absolute Gasteiger partial charge is 0.0506 e. The monoisotopic (exact) mass is 329 g/mol. The molecule has 3 aromatic carbocycles. The van der Waals surface area contributed by atoms with Gasteiger partial charge in [0.2, 0.25) is 0 Å². The molecular formula is C22H19NS. The second kappa shape index (κ2) is 4.84. The maximum Gasteiger partial charge on any atom is 0.0506 e. The number of rotatable bonds is 1. The van der Waals surface area contributed by atoms with Gasteiger partial charge in [0.25, 0.3) is 0 Å². The van der Waals surface area contributed by atoms with Gasteiger partial charge >= 0.3 is 0 Å². The van der Waals surface area contributed by atoms with Crippen molar-refractivity contribution in [3.8, 4) is 0 Å². The van der Waals surface area contributed by atoms with Crippen LogP contribution in [0.25, 0.3) is 42.0 Å². The lowest BCUT2D eigenvalue weighted by atomic mass is 9.95. The van der Waals surface area contributed by atoms with Crippen LogP contribution in [0.15, 0.2) is 54.6 Å². The van der Waals surface area contributed by atoms with E-state index in [9.17, 15) is 0 Å². The summed E-state index contributed by atoms with van der Waals surface area (Å²) in [5.74, 6) is 0.507. The zero-order valence-electron chi connectivity index (χ0n) is 14.1. The molecule has 0 spiro atoms. The molecule has 0 aliphatic heterocycles. The number of hydrogen-bond donors (Lipinski definition) is 0. The number of aromatic nitrogens is 1. The van der Waals surface area contributed by atoms with Crippen LogP contribution < -0.4 is 0 Å². The van der Waals surface area contributed by atoms with Gasteiger partial charge in [0.1, 0.15) is 0 Å². The Labute approximate surface area is 145 Å². The van der Waals surface area contributed by atoms with E-state index in [0.717, 1.165) is 0 Å². The first kappa shape index (κ1) is 14.1. The number of benzene rings is 3. The summed E-state index contributed by atoms with van der Waals surface area (Å²) < 4.78 is 5.17. The average molecular weight is 329 g/mol. The zero-order chi connectivity index (χ0) is 16.4. The molecule has 5 rings (SSSR count). The first-order chi connectivity index (χ1) is 11.7. The summed E-state index contributed by atoms with van der Waals surface area (Å²) in [5.41, 5.74) is 4.12. The molecule has 0 amide bonds. The molecule has 0 saturated heterocycles. The van der Waals surface area contributed by atoms with Gasteiger partial charge < -0.3 is 4.57 Å². The predicted molar refractivity (Wildman–Crippen MR) is 107 cm³/mol. The van der Waals surface area contributed by atoms with E-state index in [1.54, 1.807) is 0 Å². The highest BCUT2D eigenvalue weighted by Crippen LogP contribution is 2.45. The summed E-state index contributed by atoms with van der Waals surface area (Å²) in [6.07, 6.45) is 0. The third-order valence-electron chi connectivity index (χ3n) is 5.18. The van der Waals surface area contributed by atoms with Crippen molar-refractivity contribution in [1.29, 1.82) is 0 Å². The topological polar surface area (TPSA) is 4.93 Å². The summed E-state index contributed by atoms with van der Waals surface area (Å²) >= 11 is 1.94. The minimum Gasteiger partial charge on any atom is -0.344 e. The Balaban J connectivity index is 2.16. The van der Waals surface area contributed by atoms with Crippen LogP contribution in [0.3, 0.4) is 0 Å². The normalized spacial score (nSPS) is 12.3. The molecule has 118 valence electrons. The van der Waals surface area contributed by atoms with E-state index in [0.29, 0.717) is 5.92 Å². The number of aryl methyl sites for hydroxylation is 1. The van der Waals surface area contributed by atoms with E-state index in [1.807, 2.05) is 11.3 Å². The van der Waals surface area contributed by atoms with Crippen LogP contribution in [-0.2, 0) is 7.05 Å². The Kier molecular flexibility index (Phi) is 2.84. The lowest BCUT2D eigenvalue weighted by Crippen LogP contribution is -1.92. The van der Waals surface area contributed by atoms with Gasteiger partial charge in [-0.15, -0.1) is 11.3 Å². The molecule has 2 heterocycles. The lowest BCUT2D eigenvalue weighted by Gasteiger charge is -2.10. The van der Waals surface area contributed by atoms with Crippen LogP contribution in [0, 0.1) is 0 Å². The molecule has 0 atom stereocenters. The minimum absolute atomic E-state index is 0.507. The summed E-state index contributed by atoms with van der Waals surface area (Å²) in [6.45, 7) is 4.60. The second-order valence-electron chi connectivity index (χ2n) is 6.89. The highest BCUT2D eigenvalue weighted by Gasteiger charge is 2.19. The van der Waals surface area contributed by atoms with Crippen molar-refractivity contribution < 1.29 is 0 Å². The molecule has 2 heteroatoms. The summed E-state index contributed by atoms with van der Waals surface area (Å²) in [7, 11) is 2.19. The van der Waals surface area contributed by atoms with Gasteiger partial charge in [-0.2, -0.15) is 0 Å². The van der Waals surface area contributed by atoms with Crippen molar-refractivity contribution in [2.75, 3.05) is 0 Å². The van der Waals surface area contributed by atoms with Crippen LogP contribution in [0.1, 0.15) is 25.3 Å². The number of hydrogen-bond acceptors (Lipinski definition) is 1. The number of para-hydroxylation sites is 1. The molecular weight excluding hydrogens is 310 g/mol. The Morgan fingerprint density at radius 3 is 2.33 bits per heavy atom. The zero-order valence-corrected chi connectivity index (χ0v) is 14.9. The van der Waals surface area contributed by atoms with Crippen LogP contribution in [0.4, 0.5) is 0 Å². The summed E-state index contributed by atoms with van der Waals surface area (Å²) in [5, 5.41) is 5.63. The standard InChI is InChI=1S/C22H19NS/c1-13(2)16-12-18-21(14-8-4-6-10-17(14)23(18)3)22-20(16)15-9-5-7-11-19(15)24-22/h4-13H,1-3H3. The van der Waals surface area contributed by atoms with Crippen molar-refractivity contribution in [3.63, 3.8) is 0 Å². The quantitative estimate of drug-likeness (QED) is 0.318. The van der Waals surface area contributed by atoms with Crippen molar-refractivity contribution in [1.82, 2.24) is 4.57 Å². The van der Waals surface area contributed by atoms with E-state index >= 15 is 0 Å². The molecule has 0 fully saturated rings. The third-order valence-corrected chi connectivity index (χ3v) is 6.37. The fourth-order valence-corrected chi connectivity index (χ4v) is 5.30. The number of nitrogens with zero attached hydrogens (tertiary/aromatic N) is 1. The Morgan fingerprint density at radius 1 is 0.833 bits per heavy atom. The Morgan fingerprint density at radius 2 is 1.54 bits per heavy atom. The first-order valence-corrected chi connectivity index (χ1v) is 9.29. The van der Waals surface area contributed by atoms with E-state index in [1.165, 1.54) is 47.5 Å². The molecule has 2 aromatic heterocycles. The number of fused-ring (bicyclic) bond motifs is 7. The largest absolute Gasteiger partial charge is 0.344 e. The third kappa shape index (κ3) is 1.69. The van der Waals surface area contributed by atoms with Gasteiger partial charge in [-0.1, -0.05) is 50.2 Å². The molecule has 5 aromatic rings. The SMILES string of the molecule is CC(C)c1cc2c(c3ccccc3n2C)c2sc3ccccc3c12. The maximum absolute atomic E-state index is 2.42. The molecule has 0 bridgehead atoms. The van der Waals surface area contributed by atoms with Crippen molar-refractivity contribution in [3.05, 3.63) is 60.2 Å². The van der Waals surface area contributed by atoms with Crippen LogP contribution in [0.5, 0.6) is 0 Å². The van der Waals surface area contributed by atoms with Gasteiger partial charge in [0.15, 0.2) is 0 Å². The molecule has 1 nitrogen and oxygen atoms in total. The Hall–Kier alpha value is -2.32. The molecule has 0 saturated carbocycles. The summed E-state index contributed by atoms with van der Waals surface area (Å²) in [6, 6.07) is 20.0. The Bertz CT molecular complexity index is 1240. The van der Waals surface area contributed by atoms with Gasteiger partial charge in [-0.3, -0.25) is 0 Å². The second-order valence-corrected chi connectivity index (χ2v) is 7.95. The van der Waals surface area contributed by atoms with Gasteiger partial charge in [0.05, 0.1) is 5.52 Å². The average Bonchev–Trinajstić information content (AvgIpc) is 3.11. The highest BCUT2D eigenvalue weighted by molar-refractivity contribution is 7.26. The van der Waals surface area contributed by atoms with Crippen LogP contribution >= 0.6 is 11.3 Å². The van der Waals surface area contributed by atoms with E-state index < -0.39 is 0 Å². The molecule has 0 aliphatic carbocycles. The molecule has 24 heavy (non-hydrogen) atoms. The van der Waals surface area contributed by atoms with E-state index in [-0.39, 0.29) is 0 Å². The van der Waals surface area contributed by atoms with Crippen molar-refractivity contribution in [2.24, 2.45) is 7.05 Å². The highest BCUT2D eigenvalue weighted by atomic mass is 32.1. The lowest BCUT2D eigenvalue weighted by molar-refractivity contribution is 0.876. The summed E-state index contributed by atoms with van der Waals surface area (Å²) in [4.78, 5) is 0. The number of thiophene rings is 1. The van der Waals surface area contributed by atoms with Crippen molar-refractivity contribution >= 4 is 53.3 Å². The van der Waals surface area contributed by atoms with E-state index in [2.05, 4.69) is 80.1 Å². The predicted octanol–water partition coefficient (Wildman–Crippen LogP) is 6.82. The first-order valence-electron chi connectivity index (χ1n) is 8.48. The molecule has 0 aliphatic rings. The fourth-order valence-electron chi connectivity index (χ4n) is 4.00. The van der Waals surface area contributed by atoms with Gasteiger partial charge in [-0.25, -0.2) is 0 Å². The van der Waals surface area contributed by atoms with E-state index in [4.69, 9.17) is 0 Å². The van der Waals surface area contributed by atoms with Crippen LogP contribution in [-0.4, -0.2) is 4.57 Å².